The fourth-order valence-electron chi connectivity index (χ4n) is 3.32. The molecule has 2 aromatic rings. The van der Waals surface area contributed by atoms with Gasteiger partial charge in [0, 0.05) is 11.0 Å². The van der Waals surface area contributed by atoms with E-state index in [-0.39, 0.29) is 11.1 Å². The fourth-order valence-corrected chi connectivity index (χ4v) is 3.32. The molecule has 0 bridgehead atoms. The number of amides is 2. The Hall–Kier alpha value is -3.13. The van der Waals surface area contributed by atoms with E-state index in [4.69, 9.17) is 0 Å². The van der Waals surface area contributed by atoms with Crippen LogP contribution < -0.4 is 10.6 Å². The highest BCUT2D eigenvalue weighted by molar-refractivity contribution is 5.97. The molecule has 4 nitrogen and oxygen atoms in total. The summed E-state index contributed by atoms with van der Waals surface area (Å²) in [6.07, 6.45) is 1.51. The van der Waals surface area contributed by atoms with Gasteiger partial charge in [-0.2, -0.15) is 5.26 Å². The number of carbonyl (C=O) groups is 1. The largest absolute Gasteiger partial charge is 0.323 e. The monoisotopic (exact) mass is 349 g/mol. The number of carbonyl (C=O) groups excluding carboxylic acids is 1. The summed E-state index contributed by atoms with van der Waals surface area (Å²) >= 11 is 0. The number of fused-ring (bicyclic) bond motifs is 1. The van der Waals surface area contributed by atoms with Gasteiger partial charge in [0.05, 0.1) is 23.0 Å². The fraction of sp³-hybridized carbons (Fsp3) is 0.238. The van der Waals surface area contributed by atoms with Gasteiger partial charge >= 0.3 is 6.03 Å². The maximum absolute atomic E-state index is 13.8. The highest BCUT2D eigenvalue weighted by Gasteiger charge is 2.36. The molecule has 0 fully saturated rings. The molecule has 0 heterocycles. The van der Waals surface area contributed by atoms with Crippen molar-refractivity contribution in [2.24, 2.45) is 5.41 Å². The third kappa shape index (κ3) is 3.18. The average Bonchev–Trinajstić information content (AvgIpc) is 2.63. The second-order valence-electron chi connectivity index (χ2n) is 6.67. The van der Waals surface area contributed by atoms with Gasteiger partial charge in [-0.3, -0.25) is 0 Å². The van der Waals surface area contributed by atoms with Crippen LogP contribution in [0.5, 0.6) is 0 Å². The molecule has 0 saturated carbocycles. The summed E-state index contributed by atoms with van der Waals surface area (Å²) in [6.45, 7) is 4.06. The van der Waals surface area contributed by atoms with Crippen molar-refractivity contribution in [2.45, 2.75) is 26.7 Å². The zero-order valence-electron chi connectivity index (χ0n) is 14.8. The van der Waals surface area contributed by atoms with E-state index in [0.29, 0.717) is 11.3 Å². The summed E-state index contributed by atoms with van der Waals surface area (Å²) in [7, 11) is 0. The number of hydrogen-bond acceptors (Lipinski definition) is 2. The number of anilines is 1. The van der Waals surface area contributed by atoms with Crippen LogP contribution in [-0.4, -0.2) is 6.03 Å². The molecule has 0 saturated heterocycles. The molecular weight excluding hydrogens is 329 g/mol. The number of benzene rings is 2. The predicted molar refractivity (Wildman–Crippen MR) is 99.6 cm³/mol. The van der Waals surface area contributed by atoms with Crippen LogP contribution in [0.3, 0.4) is 0 Å². The van der Waals surface area contributed by atoms with Gasteiger partial charge in [-0.1, -0.05) is 50.2 Å². The van der Waals surface area contributed by atoms with Crippen LogP contribution in [0.15, 0.2) is 54.1 Å². The summed E-state index contributed by atoms with van der Waals surface area (Å²) in [5.41, 5.74) is 2.68. The van der Waals surface area contributed by atoms with Gasteiger partial charge in [0.25, 0.3) is 0 Å². The van der Waals surface area contributed by atoms with Gasteiger partial charge in [0.15, 0.2) is 0 Å². The van der Waals surface area contributed by atoms with Crippen LogP contribution in [0.25, 0.3) is 5.70 Å². The van der Waals surface area contributed by atoms with Crippen molar-refractivity contribution in [1.82, 2.24) is 5.32 Å². The summed E-state index contributed by atoms with van der Waals surface area (Å²) < 4.78 is 13.8. The Morgan fingerprint density at radius 3 is 2.58 bits per heavy atom. The molecule has 1 aliphatic carbocycles. The van der Waals surface area contributed by atoms with Crippen LogP contribution in [0, 0.1) is 22.6 Å². The van der Waals surface area contributed by atoms with E-state index >= 15 is 0 Å². The second-order valence-corrected chi connectivity index (χ2v) is 6.67. The minimum atomic E-state index is -0.576. The maximum atomic E-state index is 13.8. The van der Waals surface area contributed by atoms with Crippen LogP contribution in [0.1, 0.15) is 31.4 Å². The standard InChI is InChI=1S/C21H20FN3O/c1-3-21(2)12-14-8-4-5-9-15(14)19(16(21)13-23)25-20(26)24-18-11-7-6-10-17(18)22/h4-11H,3,12H2,1-2H3,(H2,24,25,26)/t21-/m1/s1. The Morgan fingerprint density at radius 1 is 1.19 bits per heavy atom. The molecule has 26 heavy (non-hydrogen) atoms. The quantitative estimate of drug-likeness (QED) is 0.831. The molecule has 3 rings (SSSR count). The SMILES string of the molecule is CC[C@]1(C)Cc2ccccc2C(NC(=O)Nc2ccccc2F)=C1C#N. The number of halogens is 1. The third-order valence-corrected chi connectivity index (χ3v) is 4.97. The number of nitrogens with zero attached hydrogens (tertiary/aromatic N) is 1. The van der Waals surface area contributed by atoms with E-state index in [2.05, 4.69) is 16.7 Å². The molecule has 5 heteroatoms. The first-order chi connectivity index (χ1) is 12.5. The molecule has 132 valence electrons. The van der Waals surface area contributed by atoms with E-state index in [9.17, 15) is 14.4 Å². The molecule has 2 N–H and O–H groups in total. The third-order valence-electron chi connectivity index (χ3n) is 4.97. The number of nitrogens with one attached hydrogen (secondary N) is 2. The highest BCUT2D eigenvalue weighted by Crippen LogP contribution is 2.43. The lowest BCUT2D eigenvalue weighted by molar-refractivity contribution is 0.255. The average molecular weight is 349 g/mol. The Labute approximate surface area is 152 Å². The van der Waals surface area contributed by atoms with E-state index in [0.717, 1.165) is 24.0 Å². The number of allylic oxidation sites excluding steroid dienone is 1. The van der Waals surface area contributed by atoms with Crippen molar-refractivity contribution < 1.29 is 9.18 Å². The Kier molecular flexibility index (Phi) is 4.77. The minimum Gasteiger partial charge on any atom is -0.306 e. The molecular formula is C21H20FN3O. The topological polar surface area (TPSA) is 64.9 Å². The summed E-state index contributed by atoms with van der Waals surface area (Å²) in [4.78, 5) is 12.5. The molecule has 2 aromatic carbocycles. The Morgan fingerprint density at radius 2 is 1.88 bits per heavy atom. The van der Waals surface area contributed by atoms with E-state index in [1.807, 2.05) is 38.1 Å². The van der Waals surface area contributed by atoms with Gasteiger partial charge in [0.2, 0.25) is 0 Å². The van der Waals surface area contributed by atoms with Gasteiger partial charge in [0.1, 0.15) is 5.82 Å². The number of hydrogen-bond donors (Lipinski definition) is 2. The Balaban J connectivity index is 1.98. The first-order valence-electron chi connectivity index (χ1n) is 8.54. The van der Waals surface area contributed by atoms with Gasteiger partial charge in [-0.15, -0.1) is 0 Å². The predicted octanol–water partition coefficient (Wildman–Crippen LogP) is 4.85. The van der Waals surface area contributed by atoms with Crippen LogP contribution >= 0.6 is 0 Å². The van der Waals surface area contributed by atoms with E-state index in [1.165, 1.54) is 12.1 Å². The minimum absolute atomic E-state index is 0.0893. The molecule has 1 aliphatic rings. The summed E-state index contributed by atoms with van der Waals surface area (Å²) in [5.74, 6) is -0.514. The van der Waals surface area contributed by atoms with Crippen molar-refractivity contribution in [1.29, 1.82) is 5.26 Å². The van der Waals surface area contributed by atoms with Gasteiger partial charge in [-0.05, 0) is 30.5 Å². The molecule has 2 amide bonds. The van der Waals surface area contributed by atoms with Gasteiger partial charge < -0.3 is 10.6 Å². The van der Waals surface area contributed by atoms with Crippen molar-refractivity contribution in [3.63, 3.8) is 0 Å². The first kappa shape index (κ1) is 17.7. The summed E-state index contributed by atoms with van der Waals surface area (Å²) in [5, 5.41) is 15.1. The van der Waals surface area contributed by atoms with Crippen molar-refractivity contribution >= 4 is 17.4 Å². The maximum Gasteiger partial charge on any atom is 0.323 e. The molecule has 1 atom stereocenters. The zero-order chi connectivity index (χ0) is 18.7. The normalized spacial score (nSPS) is 18.7. The smallest absolute Gasteiger partial charge is 0.306 e. The van der Waals surface area contributed by atoms with Crippen molar-refractivity contribution in [3.8, 4) is 6.07 Å². The highest BCUT2D eigenvalue weighted by atomic mass is 19.1. The Bertz CT molecular complexity index is 929. The number of rotatable bonds is 3. The van der Waals surface area contributed by atoms with Gasteiger partial charge in [-0.25, -0.2) is 9.18 Å². The van der Waals surface area contributed by atoms with Crippen LogP contribution in [-0.2, 0) is 6.42 Å². The van der Waals surface area contributed by atoms with Crippen LogP contribution in [0.4, 0.5) is 14.9 Å². The molecule has 0 spiro atoms. The lowest BCUT2D eigenvalue weighted by Gasteiger charge is -2.35. The van der Waals surface area contributed by atoms with E-state index in [1.54, 1.807) is 12.1 Å². The zero-order valence-corrected chi connectivity index (χ0v) is 14.8. The van der Waals surface area contributed by atoms with Crippen LogP contribution in [0.2, 0.25) is 0 Å². The molecule has 0 radical (unpaired) electrons. The summed E-state index contributed by atoms with van der Waals surface area (Å²) in [6, 6.07) is 15.4. The first-order valence-corrected chi connectivity index (χ1v) is 8.54. The molecule has 0 aliphatic heterocycles. The molecule has 0 aromatic heterocycles. The number of para-hydroxylation sites is 1. The molecule has 0 unspecified atom stereocenters. The van der Waals surface area contributed by atoms with E-state index < -0.39 is 11.8 Å². The van der Waals surface area contributed by atoms with Crippen molar-refractivity contribution in [2.75, 3.05) is 5.32 Å². The number of urea groups is 1. The second kappa shape index (κ2) is 7.01. The lowest BCUT2D eigenvalue weighted by atomic mass is 9.69. The lowest BCUT2D eigenvalue weighted by Crippen LogP contribution is -2.35. The van der Waals surface area contributed by atoms with Crippen molar-refractivity contribution in [3.05, 3.63) is 71.0 Å². The number of nitriles is 1.